The zero-order valence-corrected chi connectivity index (χ0v) is 9.44. The minimum Gasteiger partial charge on any atom is -0.493 e. The summed E-state index contributed by atoms with van der Waals surface area (Å²) in [6, 6.07) is 5.75. The highest BCUT2D eigenvalue weighted by Gasteiger charge is 2.19. The van der Waals surface area contributed by atoms with Crippen LogP contribution in [0.2, 0.25) is 0 Å². The van der Waals surface area contributed by atoms with E-state index in [1.165, 1.54) is 0 Å². The zero-order chi connectivity index (χ0) is 11.4. The summed E-state index contributed by atoms with van der Waals surface area (Å²) in [5, 5.41) is 0. The normalized spacial score (nSPS) is 19.8. The van der Waals surface area contributed by atoms with Gasteiger partial charge in [-0.15, -0.1) is 0 Å². The minimum absolute atomic E-state index is 0.127. The predicted molar refractivity (Wildman–Crippen MR) is 60.7 cm³/mol. The molecule has 1 unspecified atom stereocenters. The quantitative estimate of drug-likeness (QED) is 0.836. The Hall–Kier alpha value is -1.26. The van der Waals surface area contributed by atoms with Crippen molar-refractivity contribution in [2.75, 3.05) is 20.3 Å². The van der Waals surface area contributed by atoms with E-state index in [2.05, 4.69) is 0 Å². The smallest absolute Gasteiger partial charge is 0.162 e. The van der Waals surface area contributed by atoms with Crippen molar-refractivity contribution in [3.63, 3.8) is 0 Å². The van der Waals surface area contributed by atoms with Crippen LogP contribution >= 0.6 is 0 Å². The van der Waals surface area contributed by atoms with Crippen molar-refractivity contribution >= 4 is 0 Å². The number of benzene rings is 1. The summed E-state index contributed by atoms with van der Waals surface area (Å²) in [5.74, 6) is 1.49. The molecule has 1 aromatic rings. The van der Waals surface area contributed by atoms with Crippen LogP contribution in [-0.4, -0.2) is 26.4 Å². The summed E-state index contributed by atoms with van der Waals surface area (Å²) < 4.78 is 16.4. The maximum absolute atomic E-state index is 5.83. The molecule has 0 radical (unpaired) electrons. The Morgan fingerprint density at radius 3 is 2.94 bits per heavy atom. The molecule has 1 heterocycles. The van der Waals surface area contributed by atoms with Gasteiger partial charge in [-0.3, -0.25) is 0 Å². The van der Waals surface area contributed by atoms with Crippen LogP contribution in [0.3, 0.4) is 0 Å². The van der Waals surface area contributed by atoms with E-state index in [1.54, 1.807) is 7.11 Å². The van der Waals surface area contributed by atoms with E-state index in [4.69, 9.17) is 19.9 Å². The molecule has 1 aliphatic heterocycles. The molecule has 0 aliphatic carbocycles. The molecular weight excluding hydrogens is 206 g/mol. The summed E-state index contributed by atoms with van der Waals surface area (Å²) >= 11 is 0. The molecule has 88 valence electrons. The second kappa shape index (κ2) is 5.18. The molecule has 16 heavy (non-hydrogen) atoms. The number of rotatable bonds is 4. The lowest BCUT2D eigenvalue weighted by Gasteiger charge is -2.15. The van der Waals surface area contributed by atoms with Crippen molar-refractivity contribution in [3.8, 4) is 11.5 Å². The molecule has 1 saturated heterocycles. The Balaban J connectivity index is 2.15. The molecule has 2 rings (SSSR count). The van der Waals surface area contributed by atoms with Crippen LogP contribution in [-0.2, 0) is 11.3 Å². The second-order valence-electron chi connectivity index (χ2n) is 3.79. The Morgan fingerprint density at radius 2 is 2.31 bits per heavy atom. The number of nitrogens with two attached hydrogens (primary N) is 1. The fourth-order valence-electron chi connectivity index (χ4n) is 1.73. The fourth-order valence-corrected chi connectivity index (χ4v) is 1.73. The lowest BCUT2D eigenvalue weighted by molar-refractivity contribution is 0.138. The van der Waals surface area contributed by atoms with E-state index in [-0.39, 0.29) is 6.10 Å². The van der Waals surface area contributed by atoms with Gasteiger partial charge >= 0.3 is 0 Å². The standard InChI is InChI=1S/C12H17NO3/c1-14-11-3-2-9(7-13)6-12(11)16-10-4-5-15-8-10/h2-3,6,10H,4-5,7-8,13H2,1H3. The van der Waals surface area contributed by atoms with Crippen LogP contribution in [0.25, 0.3) is 0 Å². The minimum atomic E-state index is 0.127. The van der Waals surface area contributed by atoms with Crippen LogP contribution in [0.1, 0.15) is 12.0 Å². The maximum atomic E-state index is 5.83. The van der Waals surface area contributed by atoms with Crippen molar-refractivity contribution < 1.29 is 14.2 Å². The van der Waals surface area contributed by atoms with Crippen LogP contribution < -0.4 is 15.2 Å². The molecule has 1 aliphatic rings. The molecule has 0 bridgehead atoms. The van der Waals surface area contributed by atoms with Crippen LogP contribution in [0.4, 0.5) is 0 Å². The zero-order valence-electron chi connectivity index (χ0n) is 9.44. The van der Waals surface area contributed by atoms with Gasteiger partial charge in [-0.2, -0.15) is 0 Å². The van der Waals surface area contributed by atoms with Crippen molar-refractivity contribution in [2.45, 2.75) is 19.1 Å². The van der Waals surface area contributed by atoms with E-state index in [9.17, 15) is 0 Å². The van der Waals surface area contributed by atoms with Gasteiger partial charge in [0.2, 0.25) is 0 Å². The molecular formula is C12H17NO3. The number of hydrogen-bond donors (Lipinski definition) is 1. The van der Waals surface area contributed by atoms with Crippen molar-refractivity contribution in [1.82, 2.24) is 0 Å². The third-order valence-corrected chi connectivity index (χ3v) is 2.65. The Bertz CT molecular complexity index is 348. The summed E-state index contributed by atoms with van der Waals surface area (Å²) in [6.07, 6.45) is 1.05. The third-order valence-electron chi connectivity index (χ3n) is 2.65. The third kappa shape index (κ3) is 2.46. The van der Waals surface area contributed by atoms with Crippen molar-refractivity contribution in [1.29, 1.82) is 0 Å². The van der Waals surface area contributed by atoms with Gasteiger partial charge in [0.25, 0.3) is 0 Å². The van der Waals surface area contributed by atoms with E-state index in [0.717, 1.165) is 30.1 Å². The number of hydrogen-bond acceptors (Lipinski definition) is 4. The molecule has 1 fully saturated rings. The Morgan fingerprint density at radius 1 is 1.44 bits per heavy atom. The van der Waals surface area contributed by atoms with Gasteiger partial charge in [0.05, 0.1) is 20.3 Å². The highest BCUT2D eigenvalue weighted by molar-refractivity contribution is 5.43. The van der Waals surface area contributed by atoms with Crippen LogP contribution in [0, 0.1) is 0 Å². The van der Waals surface area contributed by atoms with Gasteiger partial charge in [-0.25, -0.2) is 0 Å². The molecule has 0 saturated carbocycles. The molecule has 4 heteroatoms. The fraction of sp³-hybridized carbons (Fsp3) is 0.500. The highest BCUT2D eigenvalue weighted by Crippen LogP contribution is 2.30. The van der Waals surface area contributed by atoms with Crippen LogP contribution in [0.5, 0.6) is 11.5 Å². The molecule has 0 spiro atoms. The van der Waals surface area contributed by atoms with Crippen molar-refractivity contribution in [2.24, 2.45) is 5.73 Å². The Kier molecular flexibility index (Phi) is 3.64. The molecule has 4 nitrogen and oxygen atoms in total. The lowest BCUT2D eigenvalue weighted by Crippen LogP contribution is -2.16. The second-order valence-corrected chi connectivity index (χ2v) is 3.79. The first-order chi connectivity index (χ1) is 7.83. The average Bonchev–Trinajstić information content (AvgIpc) is 2.82. The van der Waals surface area contributed by atoms with Gasteiger partial charge in [0.1, 0.15) is 6.10 Å². The monoisotopic (exact) mass is 223 g/mol. The van der Waals surface area contributed by atoms with E-state index >= 15 is 0 Å². The first-order valence-corrected chi connectivity index (χ1v) is 5.45. The number of ether oxygens (including phenoxy) is 3. The van der Waals surface area contributed by atoms with Gasteiger partial charge in [-0.1, -0.05) is 6.07 Å². The van der Waals surface area contributed by atoms with Gasteiger partial charge in [-0.05, 0) is 17.7 Å². The van der Waals surface area contributed by atoms with Gasteiger partial charge < -0.3 is 19.9 Å². The largest absolute Gasteiger partial charge is 0.493 e. The van der Waals surface area contributed by atoms with Crippen LogP contribution in [0.15, 0.2) is 18.2 Å². The SMILES string of the molecule is COc1ccc(CN)cc1OC1CCOC1. The topological polar surface area (TPSA) is 53.7 Å². The van der Waals surface area contributed by atoms with E-state index in [1.807, 2.05) is 18.2 Å². The Labute approximate surface area is 95.3 Å². The summed E-state index contributed by atoms with van der Waals surface area (Å²) in [6.45, 7) is 1.92. The molecule has 0 aromatic heterocycles. The van der Waals surface area contributed by atoms with Gasteiger partial charge in [0, 0.05) is 13.0 Å². The summed E-state index contributed by atoms with van der Waals surface area (Å²) in [5.41, 5.74) is 6.63. The lowest BCUT2D eigenvalue weighted by atomic mass is 10.2. The summed E-state index contributed by atoms with van der Waals surface area (Å²) in [7, 11) is 1.63. The first-order valence-electron chi connectivity index (χ1n) is 5.45. The van der Waals surface area contributed by atoms with Crippen molar-refractivity contribution in [3.05, 3.63) is 23.8 Å². The summed E-state index contributed by atoms with van der Waals surface area (Å²) in [4.78, 5) is 0. The van der Waals surface area contributed by atoms with E-state index < -0.39 is 0 Å². The first kappa shape index (κ1) is 11.2. The maximum Gasteiger partial charge on any atom is 0.162 e. The molecule has 0 amide bonds. The molecule has 2 N–H and O–H groups in total. The predicted octanol–water partition coefficient (Wildman–Crippen LogP) is 1.32. The molecule has 1 atom stereocenters. The number of methoxy groups -OCH3 is 1. The average molecular weight is 223 g/mol. The van der Waals surface area contributed by atoms with Gasteiger partial charge in [0.15, 0.2) is 11.5 Å². The molecule has 1 aromatic carbocycles. The highest BCUT2D eigenvalue weighted by atomic mass is 16.6. The van der Waals surface area contributed by atoms with E-state index in [0.29, 0.717) is 13.2 Å².